The van der Waals surface area contributed by atoms with Crippen molar-refractivity contribution < 1.29 is 24.9 Å². The monoisotopic (exact) mass is 309 g/mol. The second-order valence-corrected chi connectivity index (χ2v) is 5.45. The van der Waals surface area contributed by atoms with Gasteiger partial charge in [-0.15, -0.1) is 0 Å². The molecule has 1 aromatic rings. The normalized spacial score (nSPS) is 29.4. The zero-order valence-electron chi connectivity index (χ0n) is 12.6. The molecule has 0 aromatic heterocycles. The second-order valence-electron chi connectivity index (χ2n) is 5.45. The Morgan fingerprint density at radius 3 is 2.64 bits per heavy atom. The van der Waals surface area contributed by atoms with E-state index in [2.05, 4.69) is 5.16 Å². The fourth-order valence-corrected chi connectivity index (χ4v) is 2.53. The van der Waals surface area contributed by atoms with Crippen molar-refractivity contribution in [3.63, 3.8) is 0 Å². The number of oxime groups is 1. The van der Waals surface area contributed by atoms with E-state index in [1.165, 1.54) is 12.7 Å². The van der Waals surface area contributed by atoms with Gasteiger partial charge in [-0.25, -0.2) is 0 Å². The maximum Gasteiger partial charge on any atom is 0.111 e. The second kappa shape index (κ2) is 8.24. The van der Waals surface area contributed by atoms with E-state index < -0.39 is 24.4 Å². The van der Waals surface area contributed by atoms with Crippen LogP contribution in [0.5, 0.6) is 0 Å². The van der Waals surface area contributed by atoms with Crippen LogP contribution in [0, 0.1) is 0 Å². The zero-order valence-corrected chi connectivity index (χ0v) is 12.6. The third-order valence-corrected chi connectivity index (χ3v) is 3.81. The molecular formula is C16H23NO5. The molecule has 0 radical (unpaired) electrons. The molecule has 4 atom stereocenters. The molecule has 6 nitrogen and oxygen atoms in total. The first-order valence-corrected chi connectivity index (χ1v) is 7.40. The maximum absolute atomic E-state index is 9.98. The molecule has 2 rings (SSSR count). The summed E-state index contributed by atoms with van der Waals surface area (Å²) in [5.74, 6) is 0. The molecule has 0 saturated carbocycles. The molecule has 1 aliphatic heterocycles. The van der Waals surface area contributed by atoms with Crippen molar-refractivity contribution in [3.05, 3.63) is 35.9 Å². The molecule has 1 fully saturated rings. The van der Waals surface area contributed by atoms with Crippen LogP contribution in [-0.4, -0.2) is 59.2 Å². The summed E-state index contributed by atoms with van der Waals surface area (Å²) >= 11 is 0. The highest BCUT2D eigenvalue weighted by Gasteiger charge is 2.37. The summed E-state index contributed by atoms with van der Waals surface area (Å²) in [6.07, 6.45) is -2.16. The van der Waals surface area contributed by atoms with Gasteiger partial charge in [-0.1, -0.05) is 35.5 Å². The van der Waals surface area contributed by atoms with E-state index in [9.17, 15) is 15.3 Å². The number of benzene rings is 1. The summed E-state index contributed by atoms with van der Waals surface area (Å²) in [6, 6.07) is 10.0. The summed E-state index contributed by atoms with van der Waals surface area (Å²) in [5, 5.41) is 33.2. The largest absolute Gasteiger partial charge is 0.399 e. The Kier molecular flexibility index (Phi) is 6.33. The van der Waals surface area contributed by atoms with Gasteiger partial charge in [-0.05, 0) is 18.4 Å². The van der Waals surface area contributed by atoms with Gasteiger partial charge in [0, 0.05) is 6.42 Å². The molecule has 0 bridgehead atoms. The summed E-state index contributed by atoms with van der Waals surface area (Å²) in [7, 11) is 1.47. The number of rotatable bonds is 6. The van der Waals surface area contributed by atoms with Crippen LogP contribution in [0.2, 0.25) is 0 Å². The Balaban J connectivity index is 1.93. The minimum Gasteiger partial charge on any atom is -0.399 e. The third-order valence-electron chi connectivity index (χ3n) is 3.81. The summed E-state index contributed by atoms with van der Waals surface area (Å²) in [4.78, 5) is 4.86. The highest BCUT2D eigenvalue weighted by molar-refractivity contribution is 5.84. The Morgan fingerprint density at radius 2 is 1.95 bits per heavy atom. The van der Waals surface area contributed by atoms with Crippen LogP contribution in [-0.2, 0) is 16.0 Å². The summed E-state index contributed by atoms with van der Waals surface area (Å²) in [6.45, 7) is 0.00183. The van der Waals surface area contributed by atoms with Crippen LogP contribution in [0.25, 0.3) is 0 Å². The minimum atomic E-state index is -1.20. The number of ether oxygens (including phenoxy) is 1. The smallest absolute Gasteiger partial charge is 0.111 e. The molecule has 0 amide bonds. The SMILES string of the molecule is CO/N=C(\CCc1ccccc1)CC1OC[C@@H](O)[C@H](O)[C@H]1O. The molecule has 0 spiro atoms. The number of aliphatic hydroxyl groups excluding tert-OH is 3. The number of nitrogens with zero attached hydrogens (tertiary/aromatic N) is 1. The topological polar surface area (TPSA) is 91.5 Å². The van der Waals surface area contributed by atoms with Gasteiger partial charge in [-0.2, -0.15) is 0 Å². The predicted molar refractivity (Wildman–Crippen MR) is 81.6 cm³/mol. The molecule has 22 heavy (non-hydrogen) atoms. The lowest BCUT2D eigenvalue weighted by molar-refractivity contribution is -0.184. The first kappa shape index (κ1) is 16.9. The van der Waals surface area contributed by atoms with E-state index in [4.69, 9.17) is 9.57 Å². The summed E-state index contributed by atoms with van der Waals surface area (Å²) in [5.41, 5.74) is 1.94. The number of hydrogen-bond acceptors (Lipinski definition) is 6. The Morgan fingerprint density at radius 1 is 1.23 bits per heavy atom. The van der Waals surface area contributed by atoms with Crippen molar-refractivity contribution in [2.24, 2.45) is 5.16 Å². The van der Waals surface area contributed by atoms with Gasteiger partial charge in [0.05, 0.1) is 18.4 Å². The lowest BCUT2D eigenvalue weighted by Crippen LogP contribution is -2.53. The molecule has 1 aliphatic rings. The van der Waals surface area contributed by atoms with Gasteiger partial charge >= 0.3 is 0 Å². The van der Waals surface area contributed by atoms with Crippen molar-refractivity contribution >= 4 is 5.71 Å². The van der Waals surface area contributed by atoms with Crippen LogP contribution in [0.4, 0.5) is 0 Å². The molecular weight excluding hydrogens is 286 g/mol. The lowest BCUT2D eigenvalue weighted by Gasteiger charge is -2.35. The molecule has 3 N–H and O–H groups in total. The van der Waals surface area contributed by atoms with Crippen LogP contribution in [0.15, 0.2) is 35.5 Å². The molecule has 122 valence electrons. The minimum absolute atomic E-state index is 0.00183. The van der Waals surface area contributed by atoms with E-state index in [-0.39, 0.29) is 6.61 Å². The Labute approximate surface area is 130 Å². The average molecular weight is 309 g/mol. The Hall–Kier alpha value is -1.47. The van der Waals surface area contributed by atoms with Crippen LogP contribution >= 0.6 is 0 Å². The molecule has 1 aromatic carbocycles. The number of hydrogen-bond donors (Lipinski definition) is 3. The Bertz CT molecular complexity index is 479. The van der Waals surface area contributed by atoms with E-state index >= 15 is 0 Å². The van der Waals surface area contributed by atoms with Crippen molar-refractivity contribution in [2.75, 3.05) is 13.7 Å². The molecule has 0 aliphatic carbocycles. The predicted octanol–water partition coefficient (Wildman–Crippen LogP) is 0.493. The van der Waals surface area contributed by atoms with Gasteiger partial charge in [0.15, 0.2) is 0 Å². The van der Waals surface area contributed by atoms with Crippen LogP contribution in [0.3, 0.4) is 0 Å². The maximum atomic E-state index is 9.98. The first-order chi connectivity index (χ1) is 10.6. The lowest BCUT2D eigenvalue weighted by atomic mass is 9.94. The van der Waals surface area contributed by atoms with E-state index in [1.807, 2.05) is 30.3 Å². The standard InChI is InChI=1S/C16H23NO5/c1-21-17-12(8-7-11-5-3-2-4-6-11)9-14-16(20)15(19)13(18)10-22-14/h2-6,13-16,18-20H,7-10H2,1H3/b17-12+/t13-,14?,15+,16+/m1/s1. The van der Waals surface area contributed by atoms with E-state index in [0.29, 0.717) is 12.8 Å². The quantitative estimate of drug-likeness (QED) is 0.525. The average Bonchev–Trinajstić information content (AvgIpc) is 2.54. The van der Waals surface area contributed by atoms with Gasteiger partial charge < -0.3 is 24.9 Å². The molecule has 1 unspecified atom stereocenters. The van der Waals surface area contributed by atoms with Crippen molar-refractivity contribution in [2.45, 2.75) is 43.7 Å². The van der Waals surface area contributed by atoms with Crippen LogP contribution < -0.4 is 0 Å². The van der Waals surface area contributed by atoms with Crippen LogP contribution in [0.1, 0.15) is 18.4 Å². The van der Waals surface area contributed by atoms with Gasteiger partial charge in [-0.3, -0.25) is 0 Å². The van der Waals surface area contributed by atoms with Gasteiger partial charge in [0.25, 0.3) is 0 Å². The fourth-order valence-electron chi connectivity index (χ4n) is 2.53. The third kappa shape index (κ3) is 4.51. The number of aliphatic hydroxyl groups is 3. The fraction of sp³-hybridized carbons (Fsp3) is 0.562. The van der Waals surface area contributed by atoms with E-state index in [1.54, 1.807) is 0 Å². The van der Waals surface area contributed by atoms with Crippen molar-refractivity contribution in [1.82, 2.24) is 0 Å². The van der Waals surface area contributed by atoms with E-state index in [0.717, 1.165) is 12.1 Å². The zero-order chi connectivity index (χ0) is 15.9. The first-order valence-electron chi connectivity index (χ1n) is 7.40. The van der Waals surface area contributed by atoms with Gasteiger partial charge in [0.1, 0.15) is 25.4 Å². The van der Waals surface area contributed by atoms with Gasteiger partial charge in [0.2, 0.25) is 0 Å². The molecule has 1 heterocycles. The van der Waals surface area contributed by atoms with Crippen molar-refractivity contribution in [3.8, 4) is 0 Å². The highest BCUT2D eigenvalue weighted by atomic mass is 16.6. The molecule has 6 heteroatoms. The number of aryl methyl sites for hydroxylation is 1. The summed E-state index contributed by atoms with van der Waals surface area (Å²) < 4.78 is 5.41. The van der Waals surface area contributed by atoms with Crippen molar-refractivity contribution in [1.29, 1.82) is 0 Å². The molecule has 1 saturated heterocycles. The highest BCUT2D eigenvalue weighted by Crippen LogP contribution is 2.20.